The zero-order valence-corrected chi connectivity index (χ0v) is 6.47. The van der Waals surface area contributed by atoms with Crippen LogP contribution in [0.2, 0.25) is 0 Å². The van der Waals surface area contributed by atoms with E-state index in [1.165, 1.54) is 0 Å². The fraction of sp³-hybridized carbons (Fsp3) is 0. The molecule has 1 N–H and O–H groups in total. The first-order valence-electron chi connectivity index (χ1n) is 3.18. The van der Waals surface area contributed by atoms with Gasteiger partial charge in [-0.1, -0.05) is 18.2 Å². The van der Waals surface area contributed by atoms with E-state index in [4.69, 9.17) is 0 Å². The minimum absolute atomic E-state index is 0.876. The third-order valence-corrected chi connectivity index (χ3v) is 2.14. The number of fused-ring (bicyclic) bond motifs is 1. The second-order valence-corrected chi connectivity index (χ2v) is 3.09. The summed E-state index contributed by atoms with van der Waals surface area (Å²) in [6.45, 7) is 0. The van der Waals surface area contributed by atoms with Crippen LogP contribution in [0.25, 0.3) is 0 Å². The van der Waals surface area contributed by atoms with Crippen LogP contribution in [-0.2, 0) is 11.2 Å². The van der Waals surface area contributed by atoms with Crippen molar-refractivity contribution in [3.8, 4) is 0 Å². The Bertz CT molecular complexity index is 335. The van der Waals surface area contributed by atoms with Crippen LogP contribution in [0.1, 0.15) is 5.56 Å². The summed E-state index contributed by atoms with van der Waals surface area (Å²) in [5.74, 6) is 0. The van der Waals surface area contributed by atoms with Crippen molar-refractivity contribution in [1.82, 2.24) is 0 Å². The van der Waals surface area contributed by atoms with Crippen molar-refractivity contribution in [3.05, 3.63) is 29.8 Å². The molecule has 0 aromatic heterocycles. The number of benzene rings is 1. The highest BCUT2D eigenvalue weighted by atomic mass is 32.2. The highest BCUT2D eigenvalue weighted by Gasteiger charge is 2.06. The molecule has 56 valence electrons. The van der Waals surface area contributed by atoms with Gasteiger partial charge in [-0.3, -0.25) is 4.72 Å². The van der Waals surface area contributed by atoms with Crippen LogP contribution >= 0.6 is 0 Å². The average Bonchev–Trinajstić information content (AvgIpc) is 2.04. The predicted octanol–water partition coefficient (Wildman–Crippen LogP) is 1.11. The summed E-state index contributed by atoms with van der Waals surface area (Å²) >= 11 is -1.28. The Morgan fingerprint density at radius 1 is 1.36 bits per heavy atom. The molecule has 0 fully saturated rings. The molecule has 1 unspecified atom stereocenters. The summed E-state index contributed by atoms with van der Waals surface area (Å²) in [5.41, 5.74) is 1.85. The normalized spacial score (nSPS) is 20.5. The number of nitrogens with zero attached hydrogens (tertiary/aromatic N) is 1. The average molecular weight is 166 g/mol. The number of anilines is 1. The standard InChI is InChI=1S/C7H6N2OS/c10-11-8-5-6-3-1-2-4-7(6)9-11/h1-5,9H. The second kappa shape index (κ2) is 2.47. The molecule has 0 amide bonds. The van der Waals surface area contributed by atoms with Crippen LogP contribution in [0.3, 0.4) is 0 Å². The Kier molecular flexibility index (Phi) is 1.47. The molecule has 1 aromatic carbocycles. The molecule has 1 atom stereocenters. The Morgan fingerprint density at radius 3 is 3.09 bits per heavy atom. The fourth-order valence-electron chi connectivity index (χ4n) is 0.928. The van der Waals surface area contributed by atoms with Gasteiger partial charge in [0.25, 0.3) is 0 Å². The largest absolute Gasteiger partial charge is 0.286 e. The van der Waals surface area contributed by atoms with E-state index in [2.05, 4.69) is 9.12 Å². The Balaban J connectivity index is 2.54. The summed E-state index contributed by atoms with van der Waals surface area (Å²) in [6, 6.07) is 7.60. The van der Waals surface area contributed by atoms with Gasteiger partial charge in [0.15, 0.2) is 0 Å². The maximum Gasteiger partial charge on any atom is 0.242 e. The van der Waals surface area contributed by atoms with Crippen molar-refractivity contribution < 1.29 is 4.21 Å². The van der Waals surface area contributed by atoms with E-state index in [0.717, 1.165) is 11.3 Å². The van der Waals surface area contributed by atoms with Gasteiger partial charge >= 0.3 is 0 Å². The summed E-state index contributed by atoms with van der Waals surface area (Å²) in [4.78, 5) is 0. The molecular formula is C7H6N2OS. The van der Waals surface area contributed by atoms with Crippen LogP contribution in [0.5, 0.6) is 0 Å². The lowest BCUT2D eigenvalue weighted by Gasteiger charge is -2.09. The molecule has 0 saturated carbocycles. The lowest BCUT2D eigenvalue weighted by molar-refractivity contribution is 0.687. The van der Waals surface area contributed by atoms with Crippen molar-refractivity contribution in [3.63, 3.8) is 0 Å². The van der Waals surface area contributed by atoms with E-state index in [1.807, 2.05) is 24.3 Å². The molecule has 1 aliphatic rings. The second-order valence-electron chi connectivity index (χ2n) is 2.17. The minimum atomic E-state index is -1.28. The Labute approximate surface area is 66.9 Å². The van der Waals surface area contributed by atoms with E-state index in [-0.39, 0.29) is 0 Å². The molecule has 1 aromatic rings. The number of hydrogen-bond donors (Lipinski definition) is 1. The zero-order valence-electron chi connectivity index (χ0n) is 5.65. The third-order valence-electron chi connectivity index (χ3n) is 1.45. The van der Waals surface area contributed by atoms with Gasteiger partial charge in [-0.05, 0) is 6.07 Å². The van der Waals surface area contributed by atoms with Crippen molar-refractivity contribution in [2.45, 2.75) is 0 Å². The van der Waals surface area contributed by atoms with Gasteiger partial charge < -0.3 is 0 Å². The van der Waals surface area contributed by atoms with Crippen LogP contribution in [0.4, 0.5) is 5.69 Å². The van der Waals surface area contributed by atoms with Gasteiger partial charge in [-0.25, -0.2) is 4.21 Å². The summed E-state index contributed by atoms with van der Waals surface area (Å²) in [7, 11) is 0. The monoisotopic (exact) mass is 166 g/mol. The molecular weight excluding hydrogens is 160 g/mol. The lowest BCUT2D eigenvalue weighted by Crippen LogP contribution is -2.08. The van der Waals surface area contributed by atoms with Gasteiger partial charge in [-0.2, -0.15) is 4.40 Å². The van der Waals surface area contributed by atoms with Gasteiger partial charge in [0.05, 0.1) is 5.69 Å². The third kappa shape index (κ3) is 1.17. The van der Waals surface area contributed by atoms with E-state index in [0.29, 0.717) is 0 Å². The molecule has 1 heterocycles. The Morgan fingerprint density at radius 2 is 2.18 bits per heavy atom. The quantitative estimate of drug-likeness (QED) is 0.616. The maximum absolute atomic E-state index is 10.8. The minimum Gasteiger partial charge on any atom is -0.286 e. The molecule has 2 rings (SSSR count). The van der Waals surface area contributed by atoms with Crippen molar-refractivity contribution >= 4 is 23.1 Å². The van der Waals surface area contributed by atoms with Crippen molar-refractivity contribution in [2.24, 2.45) is 4.40 Å². The lowest BCUT2D eigenvalue weighted by atomic mass is 10.2. The summed E-state index contributed by atoms with van der Waals surface area (Å²) in [5, 5.41) is 0. The highest BCUT2D eigenvalue weighted by Crippen LogP contribution is 2.16. The molecule has 4 heteroatoms. The van der Waals surface area contributed by atoms with E-state index in [9.17, 15) is 4.21 Å². The first-order chi connectivity index (χ1) is 5.36. The zero-order chi connectivity index (χ0) is 7.68. The SMILES string of the molecule is O=S1N=Cc2ccccc2N1. The predicted molar refractivity (Wildman–Crippen MR) is 45.8 cm³/mol. The van der Waals surface area contributed by atoms with Crippen LogP contribution in [0.15, 0.2) is 28.7 Å². The fourth-order valence-corrected chi connectivity index (χ4v) is 1.56. The number of para-hydroxylation sites is 1. The number of hydrogen-bond acceptors (Lipinski definition) is 1. The first kappa shape index (κ1) is 6.54. The van der Waals surface area contributed by atoms with Crippen LogP contribution < -0.4 is 4.72 Å². The number of nitrogens with one attached hydrogen (secondary N) is 1. The highest BCUT2D eigenvalue weighted by molar-refractivity contribution is 7.85. The van der Waals surface area contributed by atoms with Gasteiger partial charge in [-0.15, -0.1) is 0 Å². The molecule has 11 heavy (non-hydrogen) atoms. The molecule has 0 radical (unpaired) electrons. The molecule has 0 spiro atoms. The Hall–Kier alpha value is -1.16. The van der Waals surface area contributed by atoms with Gasteiger partial charge in [0, 0.05) is 11.8 Å². The maximum atomic E-state index is 10.8. The summed E-state index contributed by atoms with van der Waals surface area (Å²) in [6.07, 6.45) is 1.61. The van der Waals surface area contributed by atoms with E-state index >= 15 is 0 Å². The van der Waals surface area contributed by atoms with Crippen molar-refractivity contribution in [2.75, 3.05) is 4.72 Å². The smallest absolute Gasteiger partial charge is 0.242 e. The van der Waals surface area contributed by atoms with Crippen LogP contribution in [-0.4, -0.2) is 10.4 Å². The number of rotatable bonds is 0. The molecule has 0 aliphatic carbocycles. The van der Waals surface area contributed by atoms with E-state index < -0.39 is 11.2 Å². The van der Waals surface area contributed by atoms with Crippen molar-refractivity contribution in [1.29, 1.82) is 0 Å². The summed E-state index contributed by atoms with van der Waals surface area (Å²) < 4.78 is 17.3. The molecule has 1 aliphatic heterocycles. The van der Waals surface area contributed by atoms with Gasteiger partial charge in [0.1, 0.15) is 0 Å². The van der Waals surface area contributed by atoms with Gasteiger partial charge in [0.2, 0.25) is 11.2 Å². The first-order valence-corrected chi connectivity index (χ1v) is 4.28. The topological polar surface area (TPSA) is 41.5 Å². The molecule has 0 saturated heterocycles. The molecule has 0 bridgehead atoms. The van der Waals surface area contributed by atoms with Crippen LogP contribution in [0, 0.1) is 0 Å². The van der Waals surface area contributed by atoms with E-state index in [1.54, 1.807) is 6.21 Å². The molecule has 3 nitrogen and oxygen atoms in total.